The van der Waals surface area contributed by atoms with Gasteiger partial charge in [-0.15, -0.1) is 0 Å². The number of urea groups is 1. The van der Waals surface area contributed by atoms with E-state index in [4.69, 9.17) is 16.3 Å². The van der Waals surface area contributed by atoms with Gasteiger partial charge in [-0.25, -0.2) is 19.0 Å². The van der Waals surface area contributed by atoms with Gasteiger partial charge in [0.05, 0.1) is 34.0 Å². The quantitative estimate of drug-likeness (QED) is 0.349. The van der Waals surface area contributed by atoms with Crippen LogP contribution in [-0.4, -0.2) is 64.6 Å². The molecule has 0 unspecified atom stereocenters. The van der Waals surface area contributed by atoms with Crippen LogP contribution in [0.15, 0.2) is 42.5 Å². The molecule has 12 heteroatoms. The highest BCUT2D eigenvalue weighted by Crippen LogP contribution is 2.25. The normalized spacial score (nSPS) is 12.7. The molecular weight excluding hydrogens is 487 g/mol. The lowest BCUT2D eigenvalue weighted by Gasteiger charge is -2.29. The summed E-state index contributed by atoms with van der Waals surface area (Å²) in [5, 5.41) is 24.5. The van der Waals surface area contributed by atoms with Crippen molar-refractivity contribution >= 4 is 50.4 Å². The number of aliphatic hydroxyl groups is 2. The maximum absolute atomic E-state index is 13.6. The molecule has 9 nitrogen and oxygen atoms in total. The lowest BCUT2D eigenvalue weighted by Crippen LogP contribution is -2.47. The van der Waals surface area contributed by atoms with Crippen molar-refractivity contribution < 1.29 is 28.9 Å². The maximum atomic E-state index is 13.6. The Morgan fingerprint density at radius 3 is 2.76 bits per heavy atom. The molecule has 0 radical (unpaired) electrons. The summed E-state index contributed by atoms with van der Waals surface area (Å²) >= 11 is 7.20. The van der Waals surface area contributed by atoms with Gasteiger partial charge in [-0.05, 0) is 30.2 Å². The molecule has 1 aromatic heterocycles. The summed E-state index contributed by atoms with van der Waals surface area (Å²) in [4.78, 5) is 30.4. The van der Waals surface area contributed by atoms with Crippen molar-refractivity contribution in [1.29, 1.82) is 0 Å². The third-order valence-electron chi connectivity index (χ3n) is 4.99. The van der Waals surface area contributed by atoms with Gasteiger partial charge in [0.1, 0.15) is 12.4 Å². The molecule has 1 heterocycles. The summed E-state index contributed by atoms with van der Waals surface area (Å²) in [6, 6.07) is 10.3. The van der Waals surface area contributed by atoms with E-state index >= 15 is 0 Å². The Bertz CT molecular complexity index is 1110. The number of halogens is 2. The summed E-state index contributed by atoms with van der Waals surface area (Å²) in [5.41, 5.74) is 1.13. The van der Waals surface area contributed by atoms with Crippen LogP contribution in [0, 0.1) is 5.82 Å². The van der Waals surface area contributed by atoms with E-state index in [0.717, 1.165) is 10.2 Å². The fraction of sp³-hybridized carbons (Fsp3) is 0.318. The first kappa shape index (κ1) is 25.6. The molecule has 2 atom stereocenters. The lowest BCUT2D eigenvalue weighted by atomic mass is 10.1. The molecule has 0 aliphatic rings. The van der Waals surface area contributed by atoms with Crippen molar-refractivity contribution in [1.82, 2.24) is 15.2 Å². The molecule has 3 rings (SSSR count). The Balaban J connectivity index is 1.58. The van der Waals surface area contributed by atoms with Crippen LogP contribution >= 0.6 is 22.9 Å². The highest BCUT2D eigenvalue weighted by molar-refractivity contribution is 7.22. The number of para-hydroxylation sites is 1. The van der Waals surface area contributed by atoms with Gasteiger partial charge in [0.2, 0.25) is 0 Å². The molecule has 0 aliphatic heterocycles. The molecule has 182 valence electrons. The topological polar surface area (TPSA) is 124 Å². The largest absolute Gasteiger partial charge is 0.447 e. The fourth-order valence-corrected chi connectivity index (χ4v) is 4.14. The van der Waals surface area contributed by atoms with Crippen LogP contribution in [0.25, 0.3) is 10.2 Å². The second kappa shape index (κ2) is 11.9. The highest BCUT2D eigenvalue weighted by Gasteiger charge is 2.25. The molecule has 2 aromatic carbocycles. The van der Waals surface area contributed by atoms with Crippen molar-refractivity contribution in [3.63, 3.8) is 0 Å². The van der Waals surface area contributed by atoms with Gasteiger partial charge < -0.3 is 25.2 Å². The molecule has 0 aliphatic carbocycles. The number of ether oxygens (including phenoxy) is 1. The van der Waals surface area contributed by atoms with Gasteiger partial charge in [-0.3, -0.25) is 5.32 Å². The number of thiazole rings is 1. The number of fused-ring (bicyclic) bond motifs is 1. The predicted molar refractivity (Wildman–Crippen MR) is 127 cm³/mol. The molecule has 4 N–H and O–H groups in total. The van der Waals surface area contributed by atoms with Gasteiger partial charge in [-0.2, -0.15) is 0 Å². The van der Waals surface area contributed by atoms with Gasteiger partial charge in [0, 0.05) is 13.6 Å². The number of hydrogen-bond acceptors (Lipinski definition) is 7. The number of carbonyl (C=O) groups excluding carboxylic acids is 2. The zero-order chi connectivity index (χ0) is 24.7. The minimum Gasteiger partial charge on any atom is -0.447 e. The van der Waals surface area contributed by atoms with E-state index in [2.05, 4.69) is 15.6 Å². The van der Waals surface area contributed by atoms with E-state index in [1.54, 1.807) is 6.07 Å². The SMILES string of the molecule is CN(C(=O)NCc1cccc(F)c1Cl)[C@H](COC(=O)Nc1nc2ccccc2s1)C[C@@H](O)CO. The minimum absolute atomic E-state index is 0.0337. The van der Waals surface area contributed by atoms with E-state index in [1.165, 1.54) is 35.4 Å². The smallest absolute Gasteiger partial charge is 0.413 e. The van der Waals surface area contributed by atoms with Crippen LogP contribution in [0.1, 0.15) is 12.0 Å². The Morgan fingerprint density at radius 2 is 2.03 bits per heavy atom. The van der Waals surface area contributed by atoms with Gasteiger partial charge in [0.15, 0.2) is 5.13 Å². The number of likely N-dealkylation sites (N-methyl/N-ethyl adjacent to an activating group) is 1. The standard InChI is InChI=1S/C22H24ClFN4O5S/c1-28(21(31)25-10-13-5-4-6-16(24)19(13)23)14(9-15(30)11-29)12-33-22(32)27-20-26-17-7-2-3-8-18(17)34-20/h2-8,14-15,29-30H,9-12H2,1H3,(H,25,31)(H,26,27,32)/t14-,15+/m0/s1. The molecule has 34 heavy (non-hydrogen) atoms. The van der Waals surface area contributed by atoms with E-state index in [-0.39, 0.29) is 24.6 Å². The summed E-state index contributed by atoms with van der Waals surface area (Å²) in [6.45, 7) is -0.810. The third-order valence-corrected chi connectivity index (χ3v) is 6.37. The van der Waals surface area contributed by atoms with Crippen LogP contribution in [-0.2, 0) is 11.3 Å². The summed E-state index contributed by atoms with van der Waals surface area (Å²) < 4.78 is 19.8. The maximum Gasteiger partial charge on any atom is 0.413 e. The Morgan fingerprint density at radius 1 is 1.26 bits per heavy atom. The third kappa shape index (κ3) is 6.76. The summed E-state index contributed by atoms with van der Waals surface area (Å²) in [6.07, 6.45) is -1.95. The molecule has 3 aromatic rings. The Labute approximate surface area is 204 Å². The van der Waals surface area contributed by atoms with Crippen LogP contribution < -0.4 is 10.6 Å². The fourth-order valence-electron chi connectivity index (χ4n) is 3.09. The highest BCUT2D eigenvalue weighted by atomic mass is 35.5. The average Bonchev–Trinajstić information content (AvgIpc) is 3.23. The number of aromatic nitrogens is 1. The van der Waals surface area contributed by atoms with Crippen molar-refractivity contribution in [3.05, 3.63) is 58.9 Å². The number of rotatable bonds is 9. The van der Waals surface area contributed by atoms with Gasteiger partial charge in [0.25, 0.3) is 0 Å². The van der Waals surface area contributed by atoms with Gasteiger partial charge in [-0.1, -0.05) is 47.2 Å². The van der Waals surface area contributed by atoms with E-state index < -0.39 is 36.7 Å². The van der Waals surface area contributed by atoms with E-state index in [9.17, 15) is 24.2 Å². The van der Waals surface area contributed by atoms with E-state index in [1.807, 2.05) is 24.3 Å². The van der Waals surface area contributed by atoms with Crippen LogP contribution in [0.4, 0.5) is 19.1 Å². The zero-order valence-electron chi connectivity index (χ0n) is 18.2. The number of nitrogens with zero attached hydrogens (tertiary/aromatic N) is 2. The average molecular weight is 511 g/mol. The van der Waals surface area contributed by atoms with Crippen molar-refractivity contribution in [3.8, 4) is 0 Å². The molecule has 0 spiro atoms. The van der Waals surface area contributed by atoms with Crippen molar-refractivity contribution in [2.75, 3.05) is 25.6 Å². The number of benzene rings is 2. The lowest BCUT2D eigenvalue weighted by molar-refractivity contribution is 0.0480. The first-order chi connectivity index (χ1) is 16.3. The molecule has 0 saturated heterocycles. The second-order valence-corrected chi connectivity index (χ2v) is 8.83. The minimum atomic E-state index is -1.13. The molecule has 0 fully saturated rings. The Kier molecular flexibility index (Phi) is 8.99. The molecular formula is C22H24ClFN4O5S. The van der Waals surface area contributed by atoms with Crippen molar-refractivity contribution in [2.24, 2.45) is 0 Å². The number of hydrogen-bond donors (Lipinski definition) is 4. The van der Waals surface area contributed by atoms with Crippen LogP contribution in [0.5, 0.6) is 0 Å². The number of amides is 3. The van der Waals surface area contributed by atoms with Crippen molar-refractivity contribution in [2.45, 2.75) is 25.1 Å². The predicted octanol–water partition coefficient (Wildman–Crippen LogP) is 3.59. The number of aliphatic hydroxyl groups excluding tert-OH is 2. The first-order valence-electron chi connectivity index (χ1n) is 10.3. The zero-order valence-corrected chi connectivity index (χ0v) is 19.8. The Hall–Kier alpha value is -2.99. The summed E-state index contributed by atoms with van der Waals surface area (Å²) in [7, 11) is 1.45. The number of carbonyl (C=O) groups is 2. The van der Waals surface area contributed by atoms with Gasteiger partial charge >= 0.3 is 12.1 Å². The number of nitrogens with one attached hydrogen (secondary N) is 2. The second-order valence-electron chi connectivity index (χ2n) is 7.42. The number of anilines is 1. The van der Waals surface area contributed by atoms with Crippen LogP contribution in [0.2, 0.25) is 5.02 Å². The summed E-state index contributed by atoms with van der Waals surface area (Å²) in [5.74, 6) is -0.599. The molecule has 0 saturated carbocycles. The molecule has 0 bridgehead atoms. The van der Waals surface area contributed by atoms with E-state index in [0.29, 0.717) is 10.7 Å². The molecule has 3 amide bonds. The monoisotopic (exact) mass is 510 g/mol. The first-order valence-corrected chi connectivity index (χ1v) is 11.5. The van der Waals surface area contributed by atoms with Crippen LogP contribution in [0.3, 0.4) is 0 Å².